The molecule has 0 bridgehead atoms. The van der Waals surface area contributed by atoms with E-state index in [9.17, 15) is 4.39 Å². The lowest BCUT2D eigenvalue weighted by molar-refractivity contribution is 0.608. The van der Waals surface area contributed by atoms with Crippen LogP contribution < -0.4 is 10.6 Å². The van der Waals surface area contributed by atoms with Crippen LogP contribution in [0.15, 0.2) is 35.6 Å². The SMILES string of the molecule is CCc1nncn1CCNC(=NCc1ccccc1F)NCCCSC. The fourth-order valence-corrected chi connectivity index (χ4v) is 2.86. The molecule has 2 N–H and O–H groups in total. The molecule has 1 aromatic carbocycles. The van der Waals surface area contributed by atoms with Gasteiger partial charge in [0, 0.05) is 31.6 Å². The highest BCUT2D eigenvalue weighted by atomic mass is 32.2. The summed E-state index contributed by atoms with van der Waals surface area (Å²) < 4.78 is 15.8. The van der Waals surface area contributed by atoms with Crippen LogP contribution in [0.4, 0.5) is 4.39 Å². The van der Waals surface area contributed by atoms with Gasteiger partial charge in [-0.05, 0) is 24.5 Å². The van der Waals surface area contributed by atoms with Gasteiger partial charge in [-0.25, -0.2) is 9.38 Å². The van der Waals surface area contributed by atoms with Crippen molar-refractivity contribution in [1.82, 2.24) is 25.4 Å². The first-order valence-corrected chi connectivity index (χ1v) is 10.2. The molecule has 26 heavy (non-hydrogen) atoms. The van der Waals surface area contributed by atoms with E-state index in [0.717, 1.165) is 37.5 Å². The Morgan fingerprint density at radius 1 is 1.27 bits per heavy atom. The Labute approximate surface area is 158 Å². The third kappa shape index (κ3) is 6.67. The number of halogens is 1. The van der Waals surface area contributed by atoms with Crippen LogP contribution in [0.1, 0.15) is 24.7 Å². The zero-order valence-electron chi connectivity index (χ0n) is 15.4. The van der Waals surface area contributed by atoms with Crippen molar-refractivity contribution in [1.29, 1.82) is 0 Å². The minimum absolute atomic E-state index is 0.227. The average Bonchev–Trinajstić information content (AvgIpc) is 3.11. The Hall–Kier alpha value is -2.09. The quantitative estimate of drug-likeness (QED) is 0.378. The Balaban J connectivity index is 1.91. The van der Waals surface area contributed by atoms with E-state index in [2.05, 4.69) is 39.0 Å². The molecule has 0 saturated heterocycles. The fourth-order valence-electron chi connectivity index (χ4n) is 2.42. The van der Waals surface area contributed by atoms with Crippen LogP contribution in [0.25, 0.3) is 0 Å². The predicted octanol–water partition coefficient (Wildman–Crippen LogP) is 2.47. The van der Waals surface area contributed by atoms with Crippen LogP contribution in [0.5, 0.6) is 0 Å². The Morgan fingerprint density at radius 3 is 2.85 bits per heavy atom. The molecule has 0 fully saturated rings. The summed E-state index contributed by atoms with van der Waals surface area (Å²) in [5.41, 5.74) is 0.588. The van der Waals surface area contributed by atoms with Crippen LogP contribution in [0.2, 0.25) is 0 Å². The second-order valence-corrected chi connectivity index (χ2v) is 6.74. The molecule has 1 heterocycles. The lowest BCUT2D eigenvalue weighted by Gasteiger charge is -2.13. The van der Waals surface area contributed by atoms with Crippen LogP contribution in [0.3, 0.4) is 0 Å². The maximum absolute atomic E-state index is 13.8. The highest BCUT2D eigenvalue weighted by molar-refractivity contribution is 7.98. The summed E-state index contributed by atoms with van der Waals surface area (Å²) in [6.45, 7) is 4.63. The molecule has 0 spiro atoms. The third-order valence-corrected chi connectivity index (χ3v) is 4.54. The standard InChI is InChI=1S/C18H27FN6S/c1-3-17-24-23-14-25(17)11-10-21-18(20-9-6-12-26-2)22-13-15-7-4-5-8-16(15)19/h4-5,7-8,14H,3,6,9-13H2,1-2H3,(H2,20,21,22). The predicted molar refractivity (Wildman–Crippen MR) is 106 cm³/mol. The van der Waals surface area contributed by atoms with Crippen LogP contribution in [0, 0.1) is 5.82 Å². The maximum Gasteiger partial charge on any atom is 0.191 e. The first kappa shape index (κ1) is 20.2. The zero-order valence-corrected chi connectivity index (χ0v) is 16.2. The molecule has 0 aliphatic rings. The van der Waals surface area contributed by atoms with E-state index in [-0.39, 0.29) is 5.82 Å². The number of nitrogens with zero attached hydrogens (tertiary/aromatic N) is 4. The van der Waals surface area contributed by atoms with E-state index >= 15 is 0 Å². The van der Waals surface area contributed by atoms with Gasteiger partial charge >= 0.3 is 0 Å². The number of hydrogen-bond acceptors (Lipinski definition) is 4. The number of aryl methyl sites for hydroxylation is 1. The largest absolute Gasteiger partial charge is 0.356 e. The molecule has 0 saturated carbocycles. The summed E-state index contributed by atoms with van der Waals surface area (Å²) in [6.07, 6.45) is 5.73. The number of hydrogen-bond donors (Lipinski definition) is 2. The first-order valence-electron chi connectivity index (χ1n) is 8.85. The van der Waals surface area contributed by atoms with E-state index in [1.54, 1.807) is 18.5 Å². The summed E-state index contributed by atoms with van der Waals surface area (Å²) in [5.74, 6) is 2.52. The molecule has 8 heteroatoms. The highest BCUT2D eigenvalue weighted by Crippen LogP contribution is 2.07. The van der Waals surface area contributed by atoms with Crippen LogP contribution in [-0.4, -0.2) is 45.8 Å². The molecular weight excluding hydrogens is 351 g/mol. The van der Waals surface area contributed by atoms with Gasteiger partial charge in [0.25, 0.3) is 0 Å². The molecule has 6 nitrogen and oxygen atoms in total. The van der Waals surface area contributed by atoms with Crippen LogP contribution >= 0.6 is 11.8 Å². The molecule has 0 atom stereocenters. The van der Waals surface area contributed by atoms with Crippen molar-refractivity contribution in [2.75, 3.05) is 25.1 Å². The molecule has 1 aromatic heterocycles. The van der Waals surface area contributed by atoms with Gasteiger partial charge in [0.1, 0.15) is 18.0 Å². The van der Waals surface area contributed by atoms with Gasteiger partial charge in [-0.15, -0.1) is 10.2 Å². The molecule has 0 unspecified atom stereocenters. The molecule has 2 aromatic rings. The second kappa shape index (κ2) is 11.5. The van der Waals surface area contributed by atoms with Crippen molar-refractivity contribution in [3.63, 3.8) is 0 Å². The van der Waals surface area contributed by atoms with Gasteiger partial charge in [-0.2, -0.15) is 11.8 Å². The summed E-state index contributed by atoms with van der Waals surface area (Å²) in [4.78, 5) is 4.52. The first-order chi connectivity index (χ1) is 12.7. The number of aromatic nitrogens is 3. The molecule has 142 valence electrons. The molecule has 0 aliphatic heterocycles. The molecule has 0 aliphatic carbocycles. The van der Waals surface area contributed by atoms with Crippen molar-refractivity contribution in [3.05, 3.63) is 47.8 Å². The zero-order chi connectivity index (χ0) is 18.6. The average molecular weight is 379 g/mol. The topological polar surface area (TPSA) is 67.1 Å². The number of thioether (sulfide) groups is 1. The van der Waals surface area contributed by atoms with Crippen molar-refractivity contribution < 1.29 is 4.39 Å². The van der Waals surface area contributed by atoms with E-state index in [1.807, 2.05) is 22.4 Å². The van der Waals surface area contributed by atoms with Crippen LogP contribution in [-0.2, 0) is 19.5 Å². The molecule has 0 radical (unpaired) electrons. The summed E-state index contributed by atoms with van der Waals surface area (Å²) in [5, 5.41) is 14.7. The summed E-state index contributed by atoms with van der Waals surface area (Å²) in [6, 6.07) is 6.73. The minimum atomic E-state index is -0.227. The summed E-state index contributed by atoms with van der Waals surface area (Å²) in [7, 11) is 0. The normalized spacial score (nSPS) is 11.6. The van der Waals surface area contributed by atoms with Crippen molar-refractivity contribution in [2.24, 2.45) is 4.99 Å². The number of rotatable bonds is 10. The summed E-state index contributed by atoms with van der Waals surface area (Å²) >= 11 is 1.82. The van der Waals surface area contributed by atoms with Gasteiger partial charge in [-0.1, -0.05) is 25.1 Å². The van der Waals surface area contributed by atoms with E-state index in [4.69, 9.17) is 0 Å². The Kier molecular flexibility index (Phi) is 8.95. The number of guanidine groups is 1. The lowest BCUT2D eigenvalue weighted by atomic mass is 10.2. The van der Waals surface area contributed by atoms with E-state index in [0.29, 0.717) is 24.6 Å². The molecule has 2 rings (SSSR count). The van der Waals surface area contributed by atoms with Gasteiger partial charge in [0.15, 0.2) is 5.96 Å². The number of nitrogens with one attached hydrogen (secondary N) is 2. The molecular formula is C18H27FN6S. The second-order valence-electron chi connectivity index (χ2n) is 5.75. The fraction of sp³-hybridized carbons (Fsp3) is 0.500. The maximum atomic E-state index is 13.8. The number of aliphatic imine (C=N–C) groups is 1. The Morgan fingerprint density at radius 2 is 2.08 bits per heavy atom. The third-order valence-electron chi connectivity index (χ3n) is 3.84. The van der Waals surface area contributed by atoms with Gasteiger partial charge in [-0.3, -0.25) is 0 Å². The van der Waals surface area contributed by atoms with E-state index < -0.39 is 0 Å². The van der Waals surface area contributed by atoms with Gasteiger partial charge in [0.2, 0.25) is 0 Å². The van der Waals surface area contributed by atoms with Crippen molar-refractivity contribution >= 4 is 17.7 Å². The number of benzene rings is 1. The van der Waals surface area contributed by atoms with Crippen molar-refractivity contribution in [2.45, 2.75) is 32.9 Å². The van der Waals surface area contributed by atoms with E-state index in [1.165, 1.54) is 6.07 Å². The lowest BCUT2D eigenvalue weighted by Crippen LogP contribution is -2.39. The van der Waals surface area contributed by atoms with Gasteiger partial charge in [0.05, 0.1) is 6.54 Å². The van der Waals surface area contributed by atoms with Crippen molar-refractivity contribution in [3.8, 4) is 0 Å². The van der Waals surface area contributed by atoms with Gasteiger partial charge < -0.3 is 15.2 Å². The minimum Gasteiger partial charge on any atom is -0.356 e. The monoisotopic (exact) mass is 378 g/mol. The smallest absolute Gasteiger partial charge is 0.191 e. The highest BCUT2D eigenvalue weighted by Gasteiger charge is 2.04. The Bertz CT molecular complexity index is 688. The molecule has 0 amide bonds.